The van der Waals surface area contributed by atoms with Gasteiger partial charge in [-0.25, -0.2) is 0 Å². The van der Waals surface area contributed by atoms with E-state index in [1.165, 1.54) is 36.7 Å². The van der Waals surface area contributed by atoms with Gasteiger partial charge in [0.2, 0.25) is 0 Å². The van der Waals surface area contributed by atoms with E-state index >= 15 is 0 Å². The number of nitrogens with one attached hydrogen (secondary N) is 1. The number of amides is 1. The molecule has 0 fully saturated rings. The van der Waals surface area contributed by atoms with Crippen LogP contribution in [0.25, 0.3) is 11.3 Å². The topological polar surface area (TPSA) is 68.0 Å². The highest BCUT2D eigenvalue weighted by Crippen LogP contribution is 2.36. The predicted octanol–water partition coefficient (Wildman–Crippen LogP) is 3.69. The number of halogens is 3. The molecule has 0 bridgehead atoms. The fourth-order valence-electron chi connectivity index (χ4n) is 2.24. The normalized spacial score (nSPS) is 11.3. The maximum absolute atomic E-state index is 13.1. The minimum Gasteiger partial charge on any atom is -0.359 e. The Morgan fingerprint density at radius 1 is 1.16 bits per heavy atom. The van der Waals surface area contributed by atoms with Crippen molar-refractivity contribution >= 4 is 5.91 Å². The van der Waals surface area contributed by atoms with Gasteiger partial charge in [0.1, 0.15) is 5.69 Å². The van der Waals surface area contributed by atoms with Crippen molar-refractivity contribution in [3.05, 3.63) is 71.7 Å². The first-order valence-corrected chi connectivity index (χ1v) is 7.25. The minimum atomic E-state index is -4.50. The number of hydrogen-bond acceptors (Lipinski definition) is 4. The summed E-state index contributed by atoms with van der Waals surface area (Å²) in [5.41, 5.74) is -0.457. The van der Waals surface area contributed by atoms with Crippen molar-refractivity contribution in [1.82, 2.24) is 15.5 Å². The minimum absolute atomic E-state index is 0.00505. The van der Waals surface area contributed by atoms with Crippen LogP contribution in [0.15, 0.2) is 59.4 Å². The van der Waals surface area contributed by atoms with E-state index in [-0.39, 0.29) is 29.5 Å². The van der Waals surface area contributed by atoms with Crippen molar-refractivity contribution in [2.75, 3.05) is 0 Å². The van der Waals surface area contributed by atoms with Crippen molar-refractivity contribution in [2.24, 2.45) is 0 Å². The van der Waals surface area contributed by atoms with Crippen LogP contribution in [0.4, 0.5) is 13.2 Å². The summed E-state index contributed by atoms with van der Waals surface area (Å²) in [5, 5.41) is 6.26. The molecule has 0 aliphatic rings. The Morgan fingerprint density at radius 3 is 2.68 bits per heavy atom. The van der Waals surface area contributed by atoms with Gasteiger partial charge < -0.3 is 9.84 Å². The molecular weight excluding hydrogens is 335 g/mol. The molecule has 1 N–H and O–H groups in total. The molecule has 8 heteroatoms. The molecule has 0 saturated heterocycles. The predicted molar refractivity (Wildman–Crippen MR) is 82.3 cm³/mol. The van der Waals surface area contributed by atoms with Gasteiger partial charge in [-0.15, -0.1) is 0 Å². The van der Waals surface area contributed by atoms with Crippen LogP contribution in [-0.4, -0.2) is 16.0 Å². The first-order valence-electron chi connectivity index (χ1n) is 7.25. The zero-order chi connectivity index (χ0) is 17.9. The number of alkyl halides is 3. The fraction of sp³-hybridized carbons (Fsp3) is 0.118. The smallest absolute Gasteiger partial charge is 0.359 e. The first kappa shape index (κ1) is 16.7. The number of nitrogens with zero attached hydrogens (tertiary/aromatic N) is 2. The third kappa shape index (κ3) is 3.85. The lowest BCUT2D eigenvalue weighted by Gasteiger charge is -2.10. The average Bonchev–Trinajstić information content (AvgIpc) is 3.08. The molecule has 0 aliphatic carbocycles. The number of carbonyl (C=O) groups is 1. The summed E-state index contributed by atoms with van der Waals surface area (Å²) in [4.78, 5) is 15.8. The lowest BCUT2D eigenvalue weighted by Crippen LogP contribution is -2.22. The molecule has 2 aromatic heterocycles. The van der Waals surface area contributed by atoms with E-state index in [1.807, 2.05) is 0 Å². The molecule has 128 valence electrons. The van der Waals surface area contributed by atoms with Crippen molar-refractivity contribution in [2.45, 2.75) is 12.7 Å². The van der Waals surface area contributed by atoms with E-state index in [9.17, 15) is 18.0 Å². The molecule has 3 rings (SSSR count). The zero-order valence-corrected chi connectivity index (χ0v) is 12.7. The fourth-order valence-corrected chi connectivity index (χ4v) is 2.24. The van der Waals surface area contributed by atoms with E-state index in [0.29, 0.717) is 5.56 Å². The van der Waals surface area contributed by atoms with Gasteiger partial charge in [0.25, 0.3) is 5.91 Å². The maximum Gasteiger partial charge on any atom is 0.417 e. The number of hydrogen-bond donors (Lipinski definition) is 1. The standard InChI is InChI=1S/C17H12F3N3O2/c18-17(19,20)14-6-2-1-5-13(14)15-8-12(25-23-15)10-22-16(24)11-4-3-7-21-9-11/h1-9H,10H2,(H,22,24). The van der Waals surface area contributed by atoms with Gasteiger partial charge in [-0.3, -0.25) is 9.78 Å². The third-order valence-corrected chi connectivity index (χ3v) is 3.41. The number of rotatable bonds is 4. The first-order chi connectivity index (χ1) is 11.9. The largest absolute Gasteiger partial charge is 0.417 e. The summed E-state index contributed by atoms with van der Waals surface area (Å²) in [5.74, 6) is -0.133. The number of pyridine rings is 1. The van der Waals surface area contributed by atoms with Crippen LogP contribution in [-0.2, 0) is 12.7 Å². The lowest BCUT2D eigenvalue weighted by atomic mass is 10.0. The molecule has 0 saturated carbocycles. The van der Waals surface area contributed by atoms with Crippen LogP contribution in [0, 0.1) is 0 Å². The molecule has 0 radical (unpaired) electrons. The van der Waals surface area contributed by atoms with Gasteiger partial charge in [-0.05, 0) is 18.2 Å². The summed E-state index contributed by atoms with van der Waals surface area (Å²) in [6.07, 6.45) is -1.55. The second-order valence-corrected chi connectivity index (χ2v) is 5.15. The maximum atomic E-state index is 13.1. The van der Waals surface area contributed by atoms with Gasteiger partial charge in [0.05, 0.1) is 17.7 Å². The Balaban J connectivity index is 1.75. The number of benzene rings is 1. The third-order valence-electron chi connectivity index (χ3n) is 3.41. The lowest BCUT2D eigenvalue weighted by molar-refractivity contribution is -0.137. The molecule has 25 heavy (non-hydrogen) atoms. The van der Waals surface area contributed by atoms with Crippen LogP contribution < -0.4 is 5.32 Å². The molecule has 2 heterocycles. The molecule has 0 aliphatic heterocycles. The summed E-state index contributed by atoms with van der Waals surface area (Å²) >= 11 is 0. The number of aromatic nitrogens is 2. The van der Waals surface area contributed by atoms with Gasteiger partial charge in [-0.2, -0.15) is 13.2 Å². The van der Waals surface area contributed by atoms with Crippen LogP contribution in [0.3, 0.4) is 0 Å². The van der Waals surface area contributed by atoms with Crippen molar-refractivity contribution in [1.29, 1.82) is 0 Å². The molecule has 5 nitrogen and oxygen atoms in total. The van der Waals surface area contributed by atoms with Crippen LogP contribution in [0.1, 0.15) is 21.7 Å². The van der Waals surface area contributed by atoms with Gasteiger partial charge in [0, 0.05) is 24.0 Å². The van der Waals surface area contributed by atoms with Crippen LogP contribution >= 0.6 is 0 Å². The second-order valence-electron chi connectivity index (χ2n) is 5.15. The quantitative estimate of drug-likeness (QED) is 0.782. The Labute approximate surface area is 140 Å². The van der Waals surface area contributed by atoms with E-state index in [0.717, 1.165) is 6.07 Å². The van der Waals surface area contributed by atoms with Crippen molar-refractivity contribution in [3.63, 3.8) is 0 Å². The SMILES string of the molecule is O=C(NCc1cc(-c2ccccc2C(F)(F)F)no1)c1cccnc1. The highest BCUT2D eigenvalue weighted by atomic mass is 19.4. The monoisotopic (exact) mass is 347 g/mol. The summed E-state index contributed by atoms with van der Waals surface area (Å²) < 4.78 is 44.2. The van der Waals surface area contributed by atoms with E-state index < -0.39 is 11.7 Å². The summed E-state index contributed by atoms with van der Waals surface area (Å²) in [7, 11) is 0. The zero-order valence-electron chi connectivity index (χ0n) is 12.7. The number of carbonyl (C=O) groups excluding carboxylic acids is 1. The highest BCUT2D eigenvalue weighted by molar-refractivity contribution is 5.93. The molecule has 1 amide bonds. The Hall–Kier alpha value is -3.16. The Bertz CT molecular complexity index is 876. The van der Waals surface area contributed by atoms with Crippen LogP contribution in [0.2, 0.25) is 0 Å². The molecule has 3 aromatic rings. The Kier molecular flexibility index (Phi) is 4.51. The summed E-state index contributed by atoms with van der Waals surface area (Å²) in [6, 6.07) is 9.68. The van der Waals surface area contributed by atoms with Crippen molar-refractivity contribution in [3.8, 4) is 11.3 Å². The van der Waals surface area contributed by atoms with Crippen LogP contribution in [0.5, 0.6) is 0 Å². The van der Waals surface area contributed by atoms with Crippen molar-refractivity contribution < 1.29 is 22.5 Å². The molecular formula is C17H12F3N3O2. The highest BCUT2D eigenvalue weighted by Gasteiger charge is 2.34. The van der Waals surface area contributed by atoms with Gasteiger partial charge in [0.15, 0.2) is 5.76 Å². The second kappa shape index (κ2) is 6.76. The summed E-state index contributed by atoms with van der Waals surface area (Å²) in [6.45, 7) is -0.00505. The van der Waals surface area contributed by atoms with E-state index in [4.69, 9.17) is 4.52 Å². The molecule has 0 spiro atoms. The Morgan fingerprint density at radius 2 is 1.96 bits per heavy atom. The van der Waals surface area contributed by atoms with E-state index in [1.54, 1.807) is 12.1 Å². The molecule has 1 aromatic carbocycles. The van der Waals surface area contributed by atoms with Gasteiger partial charge >= 0.3 is 6.18 Å². The van der Waals surface area contributed by atoms with Gasteiger partial charge in [-0.1, -0.05) is 23.4 Å². The molecule has 0 atom stereocenters. The average molecular weight is 347 g/mol. The van der Waals surface area contributed by atoms with E-state index in [2.05, 4.69) is 15.5 Å². The molecule has 0 unspecified atom stereocenters.